The van der Waals surface area contributed by atoms with Crippen LogP contribution in [0.4, 0.5) is 4.39 Å². The summed E-state index contributed by atoms with van der Waals surface area (Å²) in [5.41, 5.74) is 8.08. The summed E-state index contributed by atoms with van der Waals surface area (Å²) in [7, 11) is 0. The van der Waals surface area contributed by atoms with Gasteiger partial charge in [-0.15, -0.1) is 11.3 Å². The molecule has 0 bridgehead atoms. The Labute approximate surface area is 153 Å². The van der Waals surface area contributed by atoms with Crippen LogP contribution in [0.1, 0.15) is 16.5 Å². The lowest BCUT2D eigenvalue weighted by Crippen LogP contribution is -2.43. The van der Waals surface area contributed by atoms with Crippen molar-refractivity contribution >= 4 is 40.4 Å². The van der Waals surface area contributed by atoms with E-state index in [1.807, 2.05) is 23.6 Å². The van der Waals surface area contributed by atoms with Crippen LogP contribution in [-0.2, 0) is 11.3 Å². The average Bonchev–Trinajstić information content (AvgIpc) is 3.08. The smallest absolute Gasteiger partial charge is 0.253 e. The molecule has 0 unspecified atom stereocenters. The molecule has 2 aromatic rings. The summed E-state index contributed by atoms with van der Waals surface area (Å²) < 4.78 is 13.1. The van der Waals surface area contributed by atoms with Crippen molar-refractivity contribution in [1.82, 2.24) is 5.32 Å². The van der Waals surface area contributed by atoms with Crippen molar-refractivity contribution in [3.05, 3.63) is 46.2 Å². The summed E-state index contributed by atoms with van der Waals surface area (Å²) >= 11 is 12.4. The topological polar surface area (TPSA) is 75.3 Å². The Morgan fingerprint density at radius 2 is 1.96 bits per heavy atom. The molecule has 4 nitrogen and oxygen atoms in total. The first kappa shape index (κ1) is 19.1. The van der Waals surface area contributed by atoms with Gasteiger partial charge in [0.25, 0.3) is 5.91 Å². The number of alkyl halides is 3. The zero-order valence-corrected chi connectivity index (χ0v) is 14.9. The standard InChI is InChI=1S/C16H17Cl2FN2O2S/c17-15(18)16(23)21-13(6-19)14(22)10-3-1-9(2-4-10)11-5-12(7-20)24-8-11/h1-5,8,13-15,22H,6-7,20H2,(H,21,23)/t13-,14+/m1/s1. The van der Waals surface area contributed by atoms with E-state index in [0.29, 0.717) is 12.1 Å². The Hall–Kier alpha value is -1.18. The van der Waals surface area contributed by atoms with E-state index < -0.39 is 29.6 Å². The highest BCUT2D eigenvalue weighted by Gasteiger charge is 2.25. The molecule has 130 valence electrons. The number of halogens is 3. The highest BCUT2D eigenvalue weighted by Crippen LogP contribution is 2.27. The van der Waals surface area contributed by atoms with Gasteiger partial charge in [0.1, 0.15) is 12.8 Å². The molecule has 24 heavy (non-hydrogen) atoms. The van der Waals surface area contributed by atoms with Gasteiger partial charge in [-0.2, -0.15) is 0 Å². The number of carbonyl (C=O) groups is 1. The lowest BCUT2D eigenvalue weighted by molar-refractivity contribution is -0.121. The summed E-state index contributed by atoms with van der Waals surface area (Å²) in [4.78, 5) is 11.2. The third-order valence-corrected chi connectivity index (χ3v) is 4.87. The highest BCUT2D eigenvalue weighted by molar-refractivity contribution is 7.10. The third kappa shape index (κ3) is 4.68. The Balaban J connectivity index is 2.12. The summed E-state index contributed by atoms with van der Waals surface area (Å²) in [6.07, 6.45) is -1.21. The largest absolute Gasteiger partial charge is 0.386 e. The fourth-order valence-electron chi connectivity index (χ4n) is 2.19. The predicted molar refractivity (Wildman–Crippen MR) is 96.0 cm³/mol. The normalized spacial score (nSPS) is 13.8. The maximum absolute atomic E-state index is 13.1. The van der Waals surface area contributed by atoms with Gasteiger partial charge in [-0.1, -0.05) is 47.5 Å². The number of nitrogens with one attached hydrogen (secondary N) is 1. The molecule has 1 aromatic carbocycles. The minimum Gasteiger partial charge on any atom is -0.386 e. The van der Waals surface area contributed by atoms with Crippen molar-refractivity contribution in [3.8, 4) is 11.1 Å². The molecule has 0 saturated heterocycles. The Bertz CT molecular complexity index is 679. The molecule has 0 aliphatic heterocycles. The van der Waals surface area contributed by atoms with E-state index in [1.165, 1.54) is 0 Å². The van der Waals surface area contributed by atoms with Crippen molar-refractivity contribution in [2.24, 2.45) is 5.73 Å². The number of nitrogens with two attached hydrogens (primary N) is 1. The van der Waals surface area contributed by atoms with Crippen molar-refractivity contribution in [2.45, 2.75) is 23.5 Å². The van der Waals surface area contributed by atoms with Crippen LogP contribution in [-0.4, -0.2) is 28.6 Å². The van der Waals surface area contributed by atoms with Gasteiger partial charge in [-0.05, 0) is 28.1 Å². The predicted octanol–water partition coefficient (Wildman–Crippen LogP) is 3.17. The molecule has 1 heterocycles. The van der Waals surface area contributed by atoms with Gasteiger partial charge in [0.15, 0.2) is 4.84 Å². The molecule has 4 N–H and O–H groups in total. The van der Waals surface area contributed by atoms with Crippen LogP contribution in [0.25, 0.3) is 11.1 Å². The van der Waals surface area contributed by atoms with Gasteiger partial charge in [0.05, 0.1) is 6.04 Å². The number of rotatable bonds is 7. The number of carbonyl (C=O) groups excluding carboxylic acids is 1. The molecule has 0 spiro atoms. The first-order chi connectivity index (χ1) is 11.5. The van der Waals surface area contributed by atoms with Crippen LogP contribution in [0.3, 0.4) is 0 Å². The Kier molecular flexibility index (Phi) is 7.01. The van der Waals surface area contributed by atoms with Gasteiger partial charge in [-0.3, -0.25) is 4.79 Å². The molecule has 0 fully saturated rings. The molecule has 0 aliphatic carbocycles. The summed E-state index contributed by atoms with van der Waals surface area (Å²) in [6, 6.07) is 7.91. The molecular weight excluding hydrogens is 374 g/mol. The molecule has 0 aliphatic rings. The lowest BCUT2D eigenvalue weighted by atomic mass is 10.00. The van der Waals surface area contributed by atoms with Gasteiger partial charge >= 0.3 is 0 Å². The van der Waals surface area contributed by atoms with E-state index in [9.17, 15) is 14.3 Å². The minimum atomic E-state index is -1.32. The second-order valence-corrected chi connectivity index (χ2v) is 7.23. The van der Waals surface area contributed by atoms with Gasteiger partial charge in [-0.25, -0.2) is 4.39 Å². The zero-order chi connectivity index (χ0) is 17.7. The van der Waals surface area contributed by atoms with Crippen molar-refractivity contribution in [1.29, 1.82) is 0 Å². The molecule has 0 radical (unpaired) electrons. The molecule has 0 saturated carbocycles. The summed E-state index contributed by atoms with van der Waals surface area (Å²) in [6.45, 7) is -0.457. The van der Waals surface area contributed by atoms with E-state index in [4.69, 9.17) is 28.9 Å². The average molecular weight is 391 g/mol. The minimum absolute atomic E-state index is 0.483. The Morgan fingerprint density at radius 1 is 1.29 bits per heavy atom. The van der Waals surface area contributed by atoms with Gasteiger partial charge in [0, 0.05) is 11.4 Å². The second-order valence-electron chi connectivity index (χ2n) is 5.14. The fourth-order valence-corrected chi connectivity index (χ4v) is 3.09. The van der Waals surface area contributed by atoms with E-state index in [-0.39, 0.29) is 0 Å². The fraction of sp³-hybridized carbons (Fsp3) is 0.312. The molecule has 2 rings (SSSR count). The molecule has 1 aromatic heterocycles. The summed E-state index contributed by atoms with van der Waals surface area (Å²) in [5.74, 6) is -0.746. The lowest BCUT2D eigenvalue weighted by Gasteiger charge is -2.22. The number of thiophene rings is 1. The number of hydrogen-bond donors (Lipinski definition) is 3. The molecule has 8 heteroatoms. The van der Waals surface area contributed by atoms with Crippen LogP contribution < -0.4 is 11.1 Å². The second kappa shape index (κ2) is 8.78. The van der Waals surface area contributed by atoms with Gasteiger partial charge in [0.2, 0.25) is 0 Å². The monoisotopic (exact) mass is 390 g/mol. The number of amides is 1. The molecular formula is C16H17Cl2FN2O2S. The first-order valence-electron chi connectivity index (χ1n) is 7.16. The maximum Gasteiger partial charge on any atom is 0.253 e. The summed E-state index contributed by atoms with van der Waals surface area (Å²) in [5, 5.41) is 14.5. The van der Waals surface area contributed by atoms with E-state index >= 15 is 0 Å². The molecule has 1 amide bonds. The number of aliphatic hydroxyl groups is 1. The van der Waals surface area contributed by atoms with E-state index in [0.717, 1.165) is 16.0 Å². The van der Waals surface area contributed by atoms with Gasteiger partial charge < -0.3 is 16.2 Å². The van der Waals surface area contributed by atoms with Crippen LogP contribution in [0.5, 0.6) is 0 Å². The first-order valence-corrected chi connectivity index (χ1v) is 8.92. The third-order valence-electron chi connectivity index (χ3n) is 3.51. The van der Waals surface area contributed by atoms with Crippen LogP contribution in [0.15, 0.2) is 35.7 Å². The Morgan fingerprint density at radius 3 is 2.46 bits per heavy atom. The maximum atomic E-state index is 13.1. The van der Waals surface area contributed by atoms with Crippen LogP contribution in [0, 0.1) is 0 Å². The number of aliphatic hydroxyl groups excluding tert-OH is 1. The van der Waals surface area contributed by atoms with Crippen LogP contribution in [0.2, 0.25) is 0 Å². The van der Waals surface area contributed by atoms with E-state index in [1.54, 1.807) is 23.5 Å². The van der Waals surface area contributed by atoms with E-state index in [2.05, 4.69) is 5.32 Å². The highest BCUT2D eigenvalue weighted by atomic mass is 35.5. The SMILES string of the molecule is NCc1cc(-c2ccc([C@H](O)[C@@H](CF)NC(=O)C(Cl)Cl)cc2)cs1. The zero-order valence-electron chi connectivity index (χ0n) is 12.6. The van der Waals surface area contributed by atoms with Crippen molar-refractivity contribution < 1.29 is 14.3 Å². The van der Waals surface area contributed by atoms with Crippen molar-refractivity contribution in [3.63, 3.8) is 0 Å². The quantitative estimate of drug-likeness (QED) is 0.635. The number of hydrogen-bond acceptors (Lipinski definition) is 4. The van der Waals surface area contributed by atoms with Crippen LogP contribution >= 0.6 is 34.5 Å². The van der Waals surface area contributed by atoms with Crippen molar-refractivity contribution in [2.75, 3.05) is 6.67 Å². The number of benzene rings is 1. The molecule has 2 atom stereocenters.